The van der Waals surface area contributed by atoms with Gasteiger partial charge in [-0.3, -0.25) is 0 Å². The van der Waals surface area contributed by atoms with Crippen LogP contribution in [0.4, 0.5) is 5.82 Å². The summed E-state index contributed by atoms with van der Waals surface area (Å²) in [6, 6.07) is 2.81. The Hall–Kier alpha value is -3.05. The van der Waals surface area contributed by atoms with E-state index in [0.29, 0.717) is 41.6 Å². The normalized spacial score (nSPS) is 18.9. The highest BCUT2D eigenvalue weighted by molar-refractivity contribution is 5.90. The molecule has 0 radical (unpaired) electrons. The molecule has 0 aliphatic carbocycles. The number of nitrogen functional groups attached to an aromatic ring is 1. The molecule has 0 saturated carbocycles. The highest BCUT2D eigenvalue weighted by atomic mass is 16.5. The second-order valence-electron chi connectivity index (χ2n) is 7.94. The molecule has 4 heterocycles. The summed E-state index contributed by atoms with van der Waals surface area (Å²) >= 11 is 0. The molecule has 2 aliphatic heterocycles. The largest absolute Gasteiger partial charge is 0.463 e. The maximum Gasteiger partial charge on any atom is 0.319 e. The van der Waals surface area contributed by atoms with Crippen molar-refractivity contribution in [2.24, 2.45) is 0 Å². The molecule has 4 rings (SSSR count). The Kier molecular flexibility index (Phi) is 6.19. The number of unbranched alkanes of at least 4 members (excludes halogenated alkanes) is 1. The quantitative estimate of drug-likeness (QED) is 0.576. The van der Waals surface area contributed by atoms with Crippen LogP contribution < -0.4 is 15.8 Å². The highest BCUT2D eigenvalue weighted by Gasteiger charge is 2.20. The van der Waals surface area contributed by atoms with Gasteiger partial charge in [-0.2, -0.15) is 15.2 Å². The molecule has 0 aromatic carbocycles. The van der Waals surface area contributed by atoms with E-state index < -0.39 is 0 Å². The molecule has 0 spiro atoms. The predicted molar refractivity (Wildman–Crippen MR) is 117 cm³/mol. The van der Waals surface area contributed by atoms with Gasteiger partial charge in [0.1, 0.15) is 22.8 Å². The fraction of sp³-hybridized carbons (Fsp3) is 0.500. The van der Waals surface area contributed by atoms with Gasteiger partial charge in [0, 0.05) is 24.7 Å². The van der Waals surface area contributed by atoms with Gasteiger partial charge < -0.3 is 25.7 Å². The van der Waals surface area contributed by atoms with Gasteiger partial charge in [-0.25, -0.2) is 0 Å². The van der Waals surface area contributed by atoms with Crippen LogP contribution in [0.2, 0.25) is 0 Å². The van der Waals surface area contributed by atoms with Gasteiger partial charge in [-0.1, -0.05) is 25.5 Å². The molecule has 1 fully saturated rings. The molecule has 4 N–H and O–H groups in total. The lowest BCUT2D eigenvalue weighted by molar-refractivity contribution is 0.287. The Morgan fingerprint density at radius 2 is 2.17 bits per heavy atom. The van der Waals surface area contributed by atoms with Crippen molar-refractivity contribution >= 4 is 16.9 Å². The topological polar surface area (TPSA) is 116 Å². The minimum atomic E-state index is 0.259. The van der Waals surface area contributed by atoms with Gasteiger partial charge in [0.25, 0.3) is 0 Å². The third-order valence-electron chi connectivity index (χ3n) is 5.65. The van der Waals surface area contributed by atoms with Crippen molar-refractivity contribution in [3.63, 3.8) is 0 Å². The van der Waals surface area contributed by atoms with Crippen LogP contribution in [-0.2, 0) is 6.42 Å². The standard InChI is InChI=1S/C22H29N7O/c1-2-3-10-30-22-27-19-17(18(12-23)26-20(19)21(24)28-22)11-15-6-7-16(25-13-15)14-29-8-4-5-9-29/h6-7,13,16,25-26H,2-5,8-11,14H2,1H3,(H2,24,27,28). The second-order valence-corrected chi connectivity index (χ2v) is 7.94. The second kappa shape index (κ2) is 9.18. The van der Waals surface area contributed by atoms with Crippen LogP contribution in [0.5, 0.6) is 6.01 Å². The van der Waals surface area contributed by atoms with Crippen LogP contribution in [0, 0.1) is 11.3 Å². The number of rotatable bonds is 8. The predicted octanol–water partition coefficient (Wildman–Crippen LogP) is 2.64. The summed E-state index contributed by atoms with van der Waals surface area (Å²) in [6.45, 7) is 6.04. The van der Waals surface area contributed by atoms with Crippen LogP contribution in [-0.4, -0.2) is 52.1 Å². The maximum absolute atomic E-state index is 9.62. The Bertz CT molecular complexity index is 995. The number of fused-ring (bicyclic) bond motifs is 1. The summed E-state index contributed by atoms with van der Waals surface area (Å²) in [4.78, 5) is 14.3. The Morgan fingerprint density at radius 3 is 2.87 bits per heavy atom. The van der Waals surface area contributed by atoms with Crippen molar-refractivity contribution < 1.29 is 4.74 Å². The average molecular weight is 408 g/mol. The molecule has 8 nitrogen and oxygen atoms in total. The van der Waals surface area contributed by atoms with E-state index in [0.717, 1.165) is 30.5 Å². The van der Waals surface area contributed by atoms with Gasteiger partial charge in [-0.15, -0.1) is 0 Å². The van der Waals surface area contributed by atoms with E-state index in [4.69, 9.17) is 10.5 Å². The molecular weight excluding hydrogens is 378 g/mol. The van der Waals surface area contributed by atoms with Crippen molar-refractivity contribution in [3.05, 3.63) is 35.2 Å². The smallest absolute Gasteiger partial charge is 0.319 e. The fourth-order valence-corrected chi connectivity index (χ4v) is 3.99. The van der Waals surface area contributed by atoms with Gasteiger partial charge in [0.15, 0.2) is 5.82 Å². The summed E-state index contributed by atoms with van der Waals surface area (Å²) in [7, 11) is 0. The van der Waals surface area contributed by atoms with Gasteiger partial charge in [0.05, 0.1) is 12.6 Å². The van der Waals surface area contributed by atoms with E-state index in [-0.39, 0.29) is 6.01 Å². The van der Waals surface area contributed by atoms with Crippen LogP contribution in [0.3, 0.4) is 0 Å². The van der Waals surface area contributed by atoms with Crippen LogP contribution >= 0.6 is 0 Å². The van der Waals surface area contributed by atoms with E-state index in [1.165, 1.54) is 25.9 Å². The van der Waals surface area contributed by atoms with Crippen molar-refractivity contribution in [3.8, 4) is 12.1 Å². The fourth-order valence-electron chi connectivity index (χ4n) is 3.99. The monoisotopic (exact) mass is 407 g/mol. The number of H-pyrrole nitrogens is 1. The number of aromatic nitrogens is 3. The zero-order valence-electron chi connectivity index (χ0n) is 17.4. The number of ether oxygens (including phenoxy) is 1. The first kappa shape index (κ1) is 20.2. The molecule has 2 aliphatic rings. The lowest BCUT2D eigenvalue weighted by atomic mass is 10.0. The number of nitrogens with two attached hydrogens (primary N) is 1. The molecule has 0 amide bonds. The first-order valence-electron chi connectivity index (χ1n) is 10.7. The van der Waals surface area contributed by atoms with Crippen molar-refractivity contribution in [2.75, 3.05) is 32.0 Å². The molecule has 8 heteroatoms. The number of nitriles is 1. The molecule has 158 valence electrons. The number of nitrogens with zero attached hydrogens (tertiary/aromatic N) is 4. The number of aromatic amines is 1. The van der Waals surface area contributed by atoms with Gasteiger partial charge in [-0.05, 0) is 37.9 Å². The van der Waals surface area contributed by atoms with E-state index in [9.17, 15) is 5.26 Å². The summed E-state index contributed by atoms with van der Waals surface area (Å²) in [5.41, 5.74) is 9.72. The lowest BCUT2D eigenvalue weighted by Gasteiger charge is -2.24. The summed E-state index contributed by atoms with van der Waals surface area (Å²) < 4.78 is 5.66. The molecule has 30 heavy (non-hydrogen) atoms. The van der Waals surface area contributed by atoms with Crippen LogP contribution in [0.25, 0.3) is 11.0 Å². The van der Waals surface area contributed by atoms with Gasteiger partial charge in [0.2, 0.25) is 0 Å². The third kappa shape index (κ3) is 4.41. The SMILES string of the molecule is CCCCOc1nc(N)c2[nH]c(C#N)c(CC3=CNC(CN4CCCC4)C=C3)c2n1. The molecule has 0 bridgehead atoms. The number of hydrogen-bond acceptors (Lipinski definition) is 7. The van der Waals surface area contributed by atoms with E-state index in [1.54, 1.807) is 0 Å². The average Bonchev–Trinajstić information content (AvgIpc) is 3.38. The maximum atomic E-state index is 9.62. The van der Waals surface area contributed by atoms with Crippen molar-refractivity contribution in [1.29, 1.82) is 5.26 Å². The minimum absolute atomic E-state index is 0.259. The number of dihydropyridines is 1. The lowest BCUT2D eigenvalue weighted by Crippen LogP contribution is -2.37. The van der Waals surface area contributed by atoms with Crippen LogP contribution in [0.1, 0.15) is 43.9 Å². The van der Waals surface area contributed by atoms with E-state index in [1.807, 2.05) is 6.20 Å². The summed E-state index contributed by atoms with van der Waals surface area (Å²) in [5.74, 6) is 0.297. The zero-order valence-corrected chi connectivity index (χ0v) is 17.4. The molecule has 2 aromatic heterocycles. The van der Waals surface area contributed by atoms with E-state index >= 15 is 0 Å². The van der Waals surface area contributed by atoms with Crippen molar-refractivity contribution in [2.45, 2.75) is 45.1 Å². The Labute approximate surface area is 176 Å². The number of anilines is 1. The number of allylic oxidation sites excluding steroid dienone is 2. The zero-order chi connectivity index (χ0) is 20.9. The number of hydrogen-bond donors (Lipinski definition) is 3. The summed E-state index contributed by atoms with van der Waals surface area (Å²) in [6.07, 6.45) is 11.5. The molecule has 2 aromatic rings. The molecule has 1 saturated heterocycles. The van der Waals surface area contributed by atoms with E-state index in [2.05, 4.69) is 50.3 Å². The Balaban J connectivity index is 1.52. The molecule has 1 atom stereocenters. The minimum Gasteiger partial charge on any atom is -0.463 e. The first-order valence-corrected chi connectivity index (χ1v) is 10.7. The molecule has 1 unspecified atom stereocenters. The first-order chi connectivity index (χ1) is 14.7. The van der Waals surface area contributed by atoms with Gasteiger partial charge >= 0.3 is 6.01 Å². The summed E-state index contributed by atoms with van der Waals surface area (Å²) in [5, 5.41) is 13.1. The molecular formula is C22H29N7O. The number of likely N-dealkylation sites (tertiary alicyclic amines) is 1. The third-order valence-corrected chi connectivity index (χ3v) is 5.65. The Morgan fingerprint density at radius 1 is 1.33 bits per heavy atom. The highest BCUT2D eigenvalue weighted by Crippen LogP contribution is 2.28. The number of nitrogens with one attached hydrogen (secondary N) is 2. The van der Waals surface area contributed by atoms with Crippen LogP contribution in [0.15, 0.2) is 23.9 Å². The van der Waals surface area contributed by atoms with Crippen molar-refractivity contribution in [1.82, 2.24) is 25.2 Å².